The number of pyridine rings is 1. The number of rotatable bonds is 3. The van der Waals surface area contributed by atoms with Crippen molar-refractivity contribution in [1.29, 1.82) is 0 Å². The molecule has 1 aromatic heterocycles. The van der Waals surface area contributed by atoms with E-state index in [-0.39, 0.29) is 0 Å². The Morgan fingerprint density at radius 1 is 0.950 bits per heavy atom. The van der Waals surface area contributed by atoms with Crippen LogP contribution in [0.5, 0.6) is 0 Å². The Hall–Kier alpha value is -2.46. The van der Waals surface area contributed by atoms with Crippen LogP contribution in [0.2, 0.25) is 0 Å². The van der Waals surface area contributed by atoms with Crippen molar-refractivity contribution in [2.24, 2.45) is 5.73 Å². The van der Waals surface area contributed by atoms with Crippen molar-refractivity contribution in [3.63, 3.8) is 0 Å². The maximum absolute atomic E-state index is 5.59. The molecule has 3 rings (SSSR count). The molecule has 0 bridgehead atoms. The van der Waals surface area contributed by atoms with E-state index in [2.05, 4.69) is 34.6 Å². The van der Waals surface area contributed by atoms with Gasteiger partial charge in [-0.1, -0.05) is 48.6 Å². The van der Waals surface area contributed by atoms with Crippen LogP contribution < -0.4 is 11.1 Å². The molecular formula is C16H13N3S. The van der Waals surface area contributed by atoms with Gasteiger partial charge < -0.3 is 11.1 Å². The van der Waals surface area contributed by atoms with Crippen molar-refractivity contribution >= 4 is 39.5 Å². The van der Waals surface area contributed by atoms with Gasteiger partial charge in [-0.05, 0) is 35.0 Å². The Labute approximate surface area is 122 Å². The largest absolute Gasteiger partial charge is 0.388 e. The van der Waals surface area contributed by atoms with Crippen LogP contribution in [0.15, 0.2) is 60.7 Å². The van der Waals surface area contributed by atoms with Crippen molar-refractivity contribution in [3.05, 3.63) is 66.4 Å². The zero-order chi connectivity index (χ0) is 13.9. The van der Waals surface area contributed by atoms with Crippen molar-refractivity contribution < 1.29 is 0 Å². The second kappa shape index (κ2) is 5.27. The summed E-state index contributed by atoms with van der Waals surface area (Å²) < 4.78 is 0. The summed E-state index contributed by atoms with van der Waals surface area (Å²) >= 11 is 4.94. The number of nitrogens with zero attached hydrogens (tertiary/aromatic N) is 1. The maximum atomic E-state index is 5.59. The molecule has 3 N–H and O–H groups in total. The Morgan fingerprint density at radius 3 is 2.55 bits per heavy atom. The number of fused-ring (bicyclic) bond motifs is 1. The third kappa shape index (κ3) is 2.60. The Morgan fingerprint density at radius 2 is 1.75 bits per heavy atom. The van der Waals surface area contributed by atoms with Gasteiger partial charge in [-0.2, -0.15) is 0 Å². The van der Waals surface area contributed by atoms with Crippen molar-refractivity contribution in [2.75, 3.05) is 5.32 Å². The fourth-order valence-corrected chi connectivity index (χ4v) is 2.17. The highest BCUT2D eigenvalue weighted by Crippen LogP contribution is 2.21. The summed E-state index contributed by atoms with van der Waals surface area (Å²) in [6.45, 7) is 0. The Bertz CT molecular complexity index is 783. The van der Waals surface area contributed by atoms with Crippen LogP contribution in [0.25, 0.3) is 10.8 Å². The molecule has 0 unspecified atom stereocenters. The first-order valence-electron chi connectivity index (χ1n) is 6.25. The molecule has 0 aliphatic carbocycles. The molecule has 0 atom stereocenters. The van der Waals surface area contributed by atoms with Crippen LogP contribution in [-0.4, -0.2) is 9.97 Å². The molecule has 0 fully saturated rings. The number of hydrogen-bond donors (Lipinski definition) is 2. The van der Waals surface area contributed by atoms with E-state index in [9.17, 15) is 0 Å². The average Bonchev–Trinajstić information content (AvgIpc) is 2.47. The molecule has 3 nitrogen and oxygen atoms in total. The van der Waals surface area contributed by atoms with Crippen LogP contribution in [0.4, 0.5) is 11.5 Å². The first kappa shape index (κ1) is 12.6. The number of thiocarbonyl (C=S) groups is 1. The molecule has 4 heteroatoms. The minimum Gasteiger partial charge on any atom is -0.388 e. The summed E-state index contributed by atoms with van der Waals surface area (Å²) in [7, 11) is 0. The quantitative estimate of drug-likeness (QED) is 0.719. The zero-order valence-electron chi connectivity index (χ0n) is 10.7. The SMILES string of the molecule is NC(=S)c1cccc(Nc2ccc3ccccc3c2)n1. The smallest absolute Gasteiger partial charge is 0.131 e. The van der Waals surface area contributed by atoms with Gasteiger partial charge in [0.2, 0.25) is 0 Å². The van der Waals surface area contributed by atoms with Crippen molar-refractivity contribution in [1.82, 2.24) is 4.98 Å². The van der Waals surface area contributed by atoms with Gasteiger partial charge in [0.05, 0.1) is 5.69 Å². The molecule has 0 amide bonds. The monoisotopic (exact) mass is 279 g/mol. The molecule has 98 valence electrons. The van der Waals surface area contributed by atoms with Gasteiger partial charge in [0, 0.05) is 5.69 Å². The average molecular weight is 279 g/mol. The highest BCUT2D eigenvalue weighted by molar-refractivity contribution is 7.80. The highest BCUT2D eigenvalue weighted by atomic mass is 32.1. The Kier molecular flexibility index (Phi) is 3.31. The molecule has 0 aliphatic heterocycles. The van der Waals surface area contributed by atoms with Crippen LogP contribution in [0.3, 0.4) is 0 Å². The van der Waals surface area contributed by atoms with E-state index in [0.29, 0.717) is 10.7 Å². The predicted molar refractivity (Wildman–Crippen MR) is 87.4 cm³/mol. The normalized spacial score (nSPS) is 10.4. The summed E-state index contributed by atoms with van der Waals surface area (Å²) in [6.07, 6.45) is 0. The first-order chi connectivity index (χ1) is 9.72. The van der Waals surface area contributed by atoms with E-state index in [1.807, 2.05) is 30.3 Å². The first-order valence-corrected chi connectivity index (χ1v) is 6.66. The molecule has 0 aliphatic rings. The van der Waals surface area contributed by atoms with Crippen LogP contribution >= 0.6 is 12.2 Å². The van der Waals surface area contributed by atoms with Crippen LogP contribution in [0, 0.1) is 0 Å². The zero-order valence-corrected chi connectivity index (χ0v) is 11.5. The molecule has 1 heterocycles. The molecule has 0 saturated heterocycles. The lowest BCUT2D eigenvalue weighted by atomic mass is 10.1. The number of aromatic nitrogens is 1. The van der Waals surface area contributed by atoms with Gasteiger partial charge in [0.15, 0.2) is 0 Å². The lowest BCUT2D eigenvalue weighted by Gasteiger charge is -2.08. The molecule has 20 heavy (non-hydrogen) atoms. The number of anilines is 2. The predicted octanol–water partition coefficient (Wildman–Crippen LogP) is 3.61. The summed E-state index contributed by atoms with van der Waals surface area (Å²) in [6, 6.07) is 20.0. The van der Waals surface area contributed by atoms with Crippen molar-refractivity contribution in [3.8, 4) is 0 Å². The standard InChI is InChI=1S/C16H13N3S/c17-16(20)14-6-3-7-15(19-14)18-13-9-8-11-4-1-2-5-12(11)10-13/h1-10H,(H2,17,20)(H,18,19). The van der Waals surface area contributed by atoms with Crippen LogP contribution in [-0.2, 0) is 0 Å². The van der Waals surface area contributed by atoms with E-state index in [1.165, 1.54) is 10.8 Å². The fourth-order valence-electron chi connectivity index (χ4n) is 2.06. The van der Waals surface area contributed by atoms with Gasteiger partial charge in [-0.25, -0.2) is 4.98 Å². The number of benzene rings is 2. The van der Waals surface area contributed by atoms with Gasteiger partial charge in [0.25, 0.3) is 0 Å². The molecule has 2 aromatic carbocycles. The third-order valence-electron chi connectivity index (χ3n) is 3.02. The van der Waals surface area contributed by atoms with Gasteiger partial charge >= 0.3 is 0 Å². The van der Waals surface area contributed by atoms with E-state index >= 15 is 0 Å². The van der Waals surface area contributed by atoms with Gasteiger partial charge in [-0.3, -0.25) is 0 Å². The summed E-state index contributed by atoms with van der Waals surface area (Å²) in [5.74, 6) is 0.727. The lowest BCUT2D eigenvalue weighted by molar-refractivity contribution is 1.28. The number of hydrogen-bond acceptors (Lipinski definition) is 3. The molecular weight excluding hydrogens is 266 g/mol. The summed E-state index contributed by atoms with van der Waals surface area (Å²) in [5.41, 5.74) is 7.19. The molecule has 0 radical (unpaired) electrons. The van der Waals surface area contributed by atoms with Crippen molar-refractivity contribution in [2.45, 2.75) is 0 Å². The maximum Gasteiger partial charge on any atom is 0.131 e. The van der Waals surface area contributed by atoms with E-state index in [0.717, 1.165) is 11.5 Å². The molecule has 0 saturated carbocycles. The van der Waals surface area contributed by atoms with Crippen LogP contribution in [0.1, 0.15) is 5.69 Å². The minimum atomic E-state index is 0.298. The van der Waals surface area contributed by atoms with E-state index in [1.54, 1.807) is 6.07 Å². The second-order valence-electron chi connectivity index (χ2n) is 4.46. The molecule has 0 spiro atoms. The summed E-state index contributed by atoms with van der Waals surface area (Å²) in [5, 5.41) is 5.66. The Balaban J connectivity index is 1.92. The second-order valence-corrected chi connectivity index (χ2v) is 4.90. The topological polar surface area (TPSA) is 50.9 Å². The minimum absolute atomic E-state index is 0.298. The number of nitrogens with two attached hydrogens (primary N) is 1. The third-order valence-corrected chi connectivity index (χ3v) is 3.23. The van der Waals surface area contributed by atoms with Gasteiger partial charge in [0.1, 0.15) is 10.8 Å². The lowest BCUT2D eigenvalue weighted by Crippen LogP contribution is -2.12. The van der Waals surface area contributed by atoms with Gasteiger partial charge in [-0.15, -0.1) is 0 Å². The fraction of sp³-hybridized carbons (Fsp3) is 0. The number of nitrogens with one attached hydrogen (secondary N) is 1. The van der Waals surface area contributed by atoms with E-state index < -0.39 is 0 Å². The highest BCUT2D eigenvalue weighted by Gasteiger charge is 2.01. The van der Waals surface area contributed by atoms with E-state index in [4.69, 9.17) is 18.0 Å². The summed E-state index contributed by atoms with van der Waals surface area (Å²) in [4.78, 5) is 4.67. The molecule has 3 aromatic rings.